The van der Waals surface area contributed by atoms with Crippen molar-refractivity contribution in [2.75, 3.05) is 33.4 Å². The molecule has 0 aromatic heterocycles. The third-order valence-corrected chi connectivity index (χ3v) is 2.84. The Kier molecular flexibility index (Phi) is 5.25. The van der Waals surface area contributed by atoms with E-state index >= 15 is 0 Å². The Hall–Kier alpha value is -1.10. The fourth-order valence-electron chi connectivity index (χ4n) is 1.90. The van der Waals surface area contributed by atoms with Gasteiger partial charge in [-0.3, -0.25) is 9.59 Å². The number of nitrogens with zero attached hydrogens (tertiary/aromatic N) is 1. The molecule has 0 aliphatic carbocycles. The van der Waals surface area contributed by atoms with Crippen LogP contribution >= 0.6 is 0 Å². The zero-order valence-corrected chi connectivity index (χ0v) is 9.99. The molecule has 1 atom stereocenters. The van der Waals surface area contributed by atoms with Gasteiger partial charge in [-0.1, -0.05) is 0 Å². The highest BCUT2D eigenvalue weighted by Crippen LogP contribution is 2.16. The summed E-state index contributed by atoms with van der Waals surface area (Å²) >= 11 is 0. The summed E-state index contributed by atoms with van der Waals surface area (Å²) in [6.45, 7) is 3.93. The SMILES string of the molecule is COCCNC(=O)C1CCCN(C(C)=O)C1. The van der Waals surface area contributed by atoms with Crippen LogP contribution in [0.4, 0.5) is 0 Å². The summed E-state index contributed by atoms with van der Waals surface area (Å²) in [7, 11) is 1.60. The van der Waals surface area contributed by atoms with Crippen molar-refractivity contribution in [3.63, 3.8) is 0 Å². The number of piperidine rings is 1. The molecule has 92 valence electrons. The van der Waals surface area contributed by atoms with Crippen molar-refractivity contribution < 1.29 is 14.3 Å². The van der Waals surface area contributed by atoms with Crippen molar-refractivity contribution >= 4 is 11.8 Å². The summed E-state index contributed by atoms with van der Waals surface area (Å²) in [5, 5.41) is 2.81. The molecule has 1 aliphatic rings. The van der Waals surface area contributed by atoms with E-state index in [0.717, 1.165) is 19.4 Å². The van der Waals surface area contributed by atoms with Crippen LogP contribution in [0.15, 0.2) is 0 Å². The second kappa shape index (κ2) is 6.48. The first-order valence-electron chi connectivity index (χ1n) is 5.67. The molecule has 0 bridgehead atoms. The minimum Gasteiger partial charge on any atom is -0.383 e. The number of likely N-dealkylation sites (tertiary alicyclic amines) is 1. The van der Waals surface area contributed by atoms with Crippen LogP contribution in [-0.4, -0.2) is 50.1 Å². The van der Waals surface area contributed by atoms with Gasteiger partial charge in [0.25, 0.3) is 0 Å². The number of carbonyl (C=O) groups excluding carboxylic acids is 2. The van der Waals surface area contributed by atoms with Gasteiger partial charge >= 0.3 is 0 Å². The van der Waals surface area contributed by atoms with E-state index in [9.17, 15) is 9.59 Å². The summed E-state index contributed by atoms with van der Waals surface area (Å²) in [6, 6.07) is 0. The maximum atomic E-state index is 11.7. The maximum Gasteiger partial charge on any atom is 0.224 e. The van der Waals surface area contributed by atoms with Crippen molar-refractivity contribution in [1.82, 2.24) is 10.2 Å². The van der Waals surface area contributed by atoms with Crippen molar-refractivity contribution in [3.05, 3.63) is 0 Å². The number of ether oxygens (including phenoxy) is 1. The van der Waals surface area contributed by atoms with E-state index in [2.05, 4.69) is 5.32 Å². The lowest BCUT2D eigenvalue weighted by Gasteiger charge is -2.31. The highest BCUT2D eigenvalue weighted by Gasteiger charge is 2.26. The quantitative estimate of drug-likeness (QED) is 0.689. The van der Waals surface area contributed by atoms with Crippen molar-refractivity contribution in [3.8, 4) is 0 Å². The molecule has 1 saturated heterocycles. The fourth-order valence-corrected chi connectivity index (χ4v) is 1.90. The van der Waals surface area contributed by atoms with E-state index in [1.54, 1.807) is 18.9 Å². The van der Waals surface area contributed by atoms with Crippen LogP contribution in [-0.2, 0) is 14.3 Å². The van der Waals surface area contributed by atoms with E-state index < -0.39 is 0 Å². The Labute approximate surface area is 96.1 Å². The van der Waals surface area contributed by atoms with Gasteiger partial charge in [0.2, 0.25) is 11.8 Å². The molecule has 1 N–H and O–H groups in total. The highest BCUT2D eigenvalue weighted by atomic mass is 16.5. The molecule has 5 nitrogen and oxygen atoms in total. The molecule has 0 aromatic carbocycles. The lowest BCUT2D eigenvalue weighted by atomic mass is 9.97. The largest absolute Gasteiger partial charge is 0.383 e. The standard InChI is InChI=1S/C11H20N2O3/c1-9(14)13-6-3-4-10(8-13)11(15)12-5-7-16-2/h10H,3-8H2,1-2H3,(H,12,15). The maximum absolute atomic E-state index is 11.7. The van der Waals surface area contributed by atoms with Crippen LogP contribution in [0.2, 0.25) is 0 Å². The Balaban J connectivity index is 2.35. The lowest BCUT2D eigenvalue weighted by Crippen LogP contribution is -2.45. The van der Waals surface area contributed by atoms with Gasteiger partial charge < -0.3 is 15.0 Å². The van der Waals surface area contributed by atoms with E-state index in [0.29, 0.717) is 19.7 Å². The lowest BCUT2D eigenvalue weighted by molar-refractivity contribution is -0.134. The normalized spacial score (nSPS) is 20.6. The topological polar surface area (TPSA) is 58.6 Å². The van der Waals surface area contributed by atoms with Crippen molar-refractivity contribution in [2.45, 2.75) is 19.8 Å². The Bertz CT molecular complexity index is 256. The van der Waals surface area contributed by atoms with Crippen LogP contribution in [0.3, 0.4) is 0 Å². The molecule has 0 radical (unpaired) electrons. The van der Waals surface area contributed by atoms with E-state index in [4.69, 9.17) is 4.74 Å². The minimum atomic E-state index is -0.0606. The van der Waals surface area contributed by atoms with Crippen LogP contribution in [0.5, 0.6) is 0 Å². The van der Waals surface area contributed by atoms with Gasteiger partial charge in [0.1, 0.15) is 0 Å². The number of amides is 2. The van der Waals surface area contributed by atoms with Gasteiger partial charge in [0.05, 0.1) is 12.5 Å². The first-order valence-corrected chi connectivity index (χ1v) is 5.67. The zero-order valence-electron chi connectivity index (χ0n) is 9.99. The Morgan fingerprint density at radius 2 is 2.25 bits per heavy atom. The molecule has 0 spiro atoms. The first-order chi connectivity index (χ1) is 7.65. The molecule has 16 heavy (non-hydrogen) atoms. The van der Waals surface area contributed by atoms with E-state index in [1.165, 1.54) is 0 Å². The molecule has 2 amide bonds. The molecule has 0 saturated carbocycles. The predicted octanol–water partition coefficient (Wildman–Crippen LogP) is 0.00750. The number of nitrogens with one attached hydrogen (secondary N) is 1. The number of hydrogen-bond acceptors (Lipinski definition) is 3. The van der Waals surface area contributed by atoms with Crippen LogP contribution in [0.1, 0.15) is 19.8 Å². The summed E-state index contributed by atoms with van der Waals surface area (Å²) in [4.78, 5) is 24.7. The van der Waals surface area contributed by atoms with Gasteiger partial charge in [-0.25, -0.2) is 0 Å². The molecular formula is C11H20N2O3. The molecule has 1 rings (SSSR count). The summed E-state index contributed by atoms with van der Waals surface area (Å²) in [5.74, 6) is 0.0203. The van der Waals surface area contributed by atoms with Crippen LogP contribution < -0.4 is 5.32 Å². The third kappa shape index (κ3) is 3.81. The van der Waals surface area contributed by atoms with E-state index in [1.807, 2.05) is 0 Å². The predicted molar refractivity (Wildman–Crippen MR) is 59.9 cm³/mol. The van der Waals surface area contributed by atoms with Gasteiger partial charge in [0, 0.05) is 33.7 Å². The summed E-state index contributed by atoms with van der Waals surface area (Å²) < 4.78 is 4.86. The van der Waals surface area contributed by atoms with Gasteiger partial charge in [-0.15, -0.1) is 0 Å². The Morgan fingerprint density at radius 3 is 2.88 bits per heavy atom. The summed E-state index contributed by atoms with van der Waals surface area (Å²) in [6.07, 6.45) is 1.77. The molecule has 1 heterocycles. The highest BCUT2D eigenvalue weighted by molar-refractivity contribution is 5.80. The first kappa shape index (κ1) is 13.0. The fraction of sp³-hybridized carbons (Fsp3) is 0.818. The van der Waals surface area contributed by atoms with Gasteiger partial charge in [-0.2, -0.15) is 0 Å². The number of methoxy groups -OCH3 is 1. The minimum absolute atomic E-state index is 0.0306. The van der Waals surface area contributed by atoms with Gasteiger partial charge in [-0.05, 0) is 12.8 Å². The molecule has 5 heteroatoms. The van der Waals surface area contributed by atoms with Crippen LogP contribution in [0, 0.1) is 5.92 Å². The number of hydrogen-bond donors (Lipinski definition) is 1. The summed E-state index contributed by atoms with van der Waals surface area (Å²) in [5.41, 5.74) is 0. The number of rotatable bonds is 4. The zero-order chi connectivity index (χ0) is 12.0. The monoisotopic (exact) mass is 228 g/mol. The Morgan fingerprint density at radius 1 is 1.50 bits per heavy atom. The average Bonchev–Trinajstić information content (AvgIpc) is 2.29. The second-order valence-corrected chi connectivity index (χ2v) is 4.09. The average molecular weight is 228 g/mol. The van der Waals surface area contributed by atoms with Crippen molar-refractivity contribution in [2.24, 2.45) is 5.92 Å². The third-order valence-electron chi connectivity index (χ3n) is 2.84. The van der Waals surface area contributed by atoms with Crippen molar-refractivity contribution in [1.29, 1.82) is 0 Å². The second-order valence-electron chi connectivity index (χ2n) is 4.09. The van der Waals surface area contributed by atoms with Gasteiger partial charge in [0.15, 0.2) is 0 Å². The molecule has 1 fully saturated rings. The molecule has 0 aromatic rings. The smallest absolute Gasteiger partial charge is 0.224 e. The van der Waals surface area contributed by atoms with Crippen LogP contribution in [0.25, 0.3) is 0 Å². The molecule has 1 aliphatic heterocycles. The molecular weight excluding hydrogens is 208 g/mol. The molecule has 1 unspecified atom stereocenters. The number of carbonyl (C=O) groups is 2. The van der Waals surface area contributed by atoms with E-state index in [-0.39, 0.29) is 17.7 Å².